The first-order chi connectivity index (χ1) is 19.0. The van der Waals surface area contributed by atoms with E-state index in [9.17, 15) is 14.4 Å². The van der Waals surface area contributed by atoms with E-state index in [1.807, 2.05) is 0 Å². The Balaban J connectivity index is 1.70. The van der Waals surface area contributed by atoms with Crippen LogP contribution in [0.3, 0.4) is 0 Å². The monoisotopic (exact) mass is 662 g/mol. The number of methoxy groups -OCH3 is 3. The smallest absolute Gasteiger partial charge is 0.264 e. The van der Waals surface area contributed by atoms with Gasteiger partial charge in [0.25, 0.3) is 17.7 Å². The zero-order valence-corrected chi connectivity index (χ0v) is 25.2. The number of fused-ring (bicyclic) bond motifs is 1. The molecule has 3 aromatic rings. The minimum Gasteiger partial charge on any atom is -0.493 e. The van der Waals surface area contributed by atoms with Crippen molar-refractivity contribution >= 4 is 93.0 Å². The molecule has 3 aromatic carbocycles. The van der Waals surface area contributed by atoms with Gasteiger partial charge in [-0.1, -0.05) is 69.6 Å². The molecule has 40 heavy (non-hydrogen) atoms. The average molecular weight is 665 g/mol. The maximum absolute atomic E-state index is 13.8. The summed E-state index contributed by atoms with van der Waals surface area (Å²) in [6.07, 6.45) is 0. The van der Waals surface area contributed by atoms with Crippen LogP contribution >= 0.6 is 69.6 Å². The lowest BCUT2D eigenvalue weighted by molar-refractivity contribution is -0.130. The lowest BCUT2D eigenvalue weighted by atomic mass is 9.86. The third kappa shape index (κ3) is 4.16. The molecule has 0 spiro atoms. The Morgan fingerprint density at radius 1 is 0.625 bits per heavy atom. The van der Waals surface area contributed by atoms with Gasteiger partial charge in [-0.05, 0) is 35.9 Å². The number of amides is 3. The Morgan fingerprint density at radius 2 is 1.15 bits per heavy atom. The minimum absolute atomic E-state index is 0.186. The summed E-state index contributed by atoms with van der Waals surface area (Å²) in [6.45, 7) is 0. The number of ether oxygens (including phenoxy) is 3. The number of benzene rings is 3. The van der Waals surface area contributed by atoms with E-state index < -0.39 is 29.8 Å². The van der Waals surface area contributed by atoms with E-state index in [4.69, 9.17) is 83.8 Å². The number of β-lactam (4-membered cyclic amide) rings is 1. The molecule has 3 amide bonds. The van der Waals surface area contributed by atoms with Crippen molar-refractivity contribution in [3.05, 3.63) is 77.2 Å². The van der Waals surface area contributed by atoms with Crippen LogP contribution in [0.5, 0.6) is 17.2 Å². The van der Waals surface area contributed by atoms with Crippen LogP contribution in [0.1, 0.15) is 32.3 Å². The first-order valence-electron chi connectivity index (χ1n) is 11.3. The molecule has 0 saturated carbocycles. The fraction of sp³-hybridized carbons (Fsp3) is 0.192. The number of hydrogen-bond donors (Lipinski definition) is 0. The van der Waals surface area contributed by atoms with Gasteiger partial charge in [-0.3, -0.25) is 19.3 Å². The predicted octanol–water partition coefficient (Wildman–Crippen LogP) is 7.39. The van der Waals surface area contributed by atoms with Gasteiger partial charge in [0.15, 0.2) is 11.5 Å². The Kier molecular flexibility index (Phi) is 7.72. The summed E-state index contributed by atoms with van der Waals surface area (Å²) in [5, 5.41) is -0.392. The molecule has 2 aliphatic rings. The molecule has 5 rings (SSSR count). The zero-order chi connectivity index (χ0) is 29.2. The summed E-state index contributed by atoms with van der Waals surface area (Å²) in [5.74, 6) is -1.41. The highest BCUT2D eigenvalue weighted by atomic mass is 35.5. The molecule has 1 saturated heterocycles. The van der Waals surface area contributed by atoms with E-state index in [1.165, 1.54) is 38.4 Å². The molecular formula is C26H16Cl6N2O6. The molecule has 0 bridgehead atoms. The highest BCUT2D eigenvalue weighted by molar-refractivity contribution is 6.55. The van der Waals surface area contributed by atoms with Gasteiger partial charge in [0.05, 0.1) is 68.6 Å². The average Bonchev–Trinajstić information content (AvgIpc) is 3.19. The maximum atomic E-state index is 13.8. The molecule has 0 radical (unpaired) electrons. The fourth-order valence-electron chi connectivity index (χ4n) is 4.87. The molecule has 0 N–H and O–H groups in total. The van der Waals surface area contributed by atoms with Crippen molar-refractivity contribution in [3.63, 3.8) is 0 Å². The lowest BCUT2D eigenvalue weighted by Crippen LogP contribution is -2.67. The van der Waals surface area contributed by atoms with Crippen LogP contribution in [-0.2, 0) is 4.79 Å². The summed E-state index contributed by atoms with van der Waals surface area (Å²) < 4.78 is 16.4. The molecular weight excluding hydrogens is 649 g/mol. The second kappa shape index (κ2) is 10.7. The van der Waals surface area contributed by atoms with Crippen molar-refractivity contribution in [2.24, 2.45) is 0 Å². The van der Waals surface area contributed by atoms with E-state index in [0.29, 0.717) is 17.0 Å². The van der Waals surface area contributed by atoms with Crippen molar-refractivity contribution in [2.75, 3.05) is 26.2 Å². The van der Waals surface area contributed by atoms with Crippen molar-refractivity contribution in [1.82, 2.24) is 4.90 Å². The third-order valence-electron chi connectivity index (χ3n) is 6.69. The lowest BCUT2D eigenvalue weighted by Gasteiger charge is -2.50. The summed E-state index contributed by atoms with van der Waals surface area (Å²) in [4.78, 5) is 43.3. The molecule has 14 heteroatoms. The zero-order valence-electron chi connectivity index (χ0n) is 20.7. The van der Waals surface area contributed by atoms with Gasteiger partial charge in [0.1, 0.15) is 6.04 Å². The Bertz CT molecular complexity index is 1560. The van der Waals surface area contributed by atoms with E-state index in [-0.39, 0.29) is 52.8 Å². The van der Waals surface area contributed by atoms with Gasteiger partial charge < -0.3 is 19.1 Å². The van der Waals surface area contributed by atoms with Crippen LogP contribution in [0.25, 0.3) is 0 Å². The summed E-state index contributed by atoms with van der Waals surface area (Å²) in [5.41, 5.74) is 0.342. The van der Waals surface area contributed by atoms with E-state index >= 15 is 0 Å². The van der Waals surface area contributed by atoms with Crippen molar-refractivity contribution in [1.29, 1.82) is 0 Å². The topological polar surface area (TPSA) is 85.4 Å². The SMILES string of the molecule is COc1cc([C@@H]2[C@@H](N3C(=O)c4c(Cl)c(Cl)c(Cl)c(Cl)c4C3=O)C(=O)N2c2ccc(Cl)c(Cl)c2)cc(OC)c1OC. The summed E-state index contributed by atoms with van der Waals surface area (Å²) >= 11 is 37.3. The van der Waals surface area contributed by atoms with E-state index in [1.54, 1.807) is 18.2 Å². The molecule has 208 valence electrons. The quantitative estimate of drug-likeness (QED) is 0.118. The molecule has 0 aromatic heterocycles. The summed E-state index contributed by atoms with van der Waals surface area (Å²) in [7, 11) is 4.31. The summed E-state index contributed by atoms with van der Waals surface area (Å²) in [6, 6.07) is 5.58. The maximum Gasteiger partial charge on any atom is 0.264 e. The van der Waals surface area contributed by atoms with Crippen LogP contribution in [0.15, 0.2) is 30.3 Å². The number of hydrogen-bond acceptors (Lipinski definition) is 6. The molecule has 0 unspecified atom stereocenters. The van der Waals surface area contributed by atoms with Gasteiger partial charge in [-0.25, -0.2) is 0 Å². The second-order valence-electron chi connectivity index (χ2n) is 8.64. The number of carbonyl (C=O) groups excluding carboxylic acids is 3. The van der Waals surface area contributed by atoms with Gasteiger partial charge >= 0.3 is 0 Å². The molecule has 8 nitrogen and oxygen atoms in total. The number of nitrogens with zero attached hydrogens (tertiary/aromatic N) is 2. The second-order valence-corrected chi connectivity index (χ2v) is 11.0. The number of rotatable bonds is 6. The van der Waals surface area contributed by atoms with Crippen molar-refractivity contribution < 1.29 is 28.6 Å². The number of imide groups is 1. The Morgan fingerprint density at radius 3 is 1.60 bits per heavy atom. The van der Waals surface area contributed by atoms with Crippen LogP contribution in [-0.4, -0.2) is 50.0 Å². The molecule has 2 atom stereocenters. The van der Waals surface area contributed by atoms with Crippen molar-refractivity contribution in [2.45, 2.75) is 12.1 Å². The molecule has 1 fully saturated rings. The van der Waals surface area contributed by atoms with Crippen LogP contribution in [0.4, 0.5) is 5.69 Å². The van der Waals surface area contributed by atoms with Crippen LogP contribution in [0.2, 0.25) is 30.1 Å². The molecule has 0 aliphatic carbocycles. The number of carbonyl (C=O) groups is 3. The minimum atomic E-state index is -1.32. The number of anilines is 1. The molecule has 2 heterocycles. The Hall–Kier alpha value is -2.59. The van der Waals surface area contributed by atoms with Gasteiger partial charge in [-0.2, -0.15) is 0 Å². The van der Waals surface area contributed by atoms with Gasteiger partial charge in [0.2, 0.25) is 5.75 Å². The highest BCUT2D eigenvalue weighted by Gasteiger charge is 2.58. The third-order valence-corrected chi connectivity index (χ3v) is 9.23. The first-order valence-corrected chi connectivity index (χ1v) is 13.6. The van der Waals surface area contributed by atoms with Gasteiger partial charge in [-0.15, -0.1) is 0 Å². The van der Waals surface area contributed by atoms with Gasteiger partial charge in [0, 0.05) is 5.69 Å². The normalized spacial score (nSPS) is 18.2. The first kappa shape index (κ1) is 28.9. The van der Waals surface area contributed by atoms with Crippen LogP contribution < -0.4 is 19.1 Å². The van der Waals surface area contributed by atoms with E-state index in [0.717, 1.165) is 4.90 Å². The largest absolute Gasteiger partial charge is 0.493 e. The van der Waals surface area contributed by atoms with Crippen molar-refractivity contribution in [3.8, 4) is 17.2 Å². The highest BCUT2D eigenvalue weighted by Crippen LogP contribution is 2.51. The van der Waals surface area contributed by atoms with Crippen LogP contribution in [0, 0.1) is 0 Å². The van der Waals surface area contributed by atoms with E-state index in [2.05, 4.69) is 0 Å². The standard InChI is InChI=1S/C26H16Cl6N2O6/c1-38-13-6-9(7-14(39-2)23(13)40-3)21-22(26(37)33(21)10-4-5-11(27)12(28)8-10)34-24(35)15-16(25(34)36)18(30)20(32)19(31)17(15)29/h4-8,21-22H,1-3H3/t21-,22-/m1/s1. The predicted molar refractivity (Wildman–Crippen MR) is 154 cm³/mol. The Labute approximate surface area is 258 Å². The fourth-order valence-corrected chi connectivity index (χ4v) is 6.18. The molecule has 2 aliphatic heterocycles. The number of halogens is 6.